The lowest BCUT2D eigenvalue weighted by atomic mass is 9.81. The topological polar surface area (TPSA) is 60.9 Å². The minimum Gasteiger partial charge on any atom is -0.481 e. The maximum Gasteiger partial charge on any atom is 0.311 e. The lowest BCUT2D eigenvalue weighted by Gasteiger charge is -2.32. The number of nitrogens with zero attached hydrogens (tertiary/aromatic N) is 2. The first-order valence-corrected chi connectivity index (χ1v) is 8.74. The van der Waals surface area contributed by atoms with E-state index >= 15 is 0 Å². The van der Waals surface area contributed by atoms with Crippen LogP contribution in [0.2, 0.25) is 0 Å². The highest BCUT2D eigenvalue weighted by atomic mass is 16.4. The van der Waals surface area contributed by atoms with Gasteiger partial charge in [-0.25, -0.2) is 0 Å². The number of aliphatic carboxylic acids is 1. The molecule has 5 nitrogen and oxygen atoms in total. The summed E-state index contributed by atoms with van der Waals surface area (Å²) in [7, 11) is 1.92. The van der Waals surface area contributed by atoms with E-state index in [2.05, 4.69) is 4.90 Å². The van der Waals surface area contributed by atoms with E-state index in [1.807, 2.05) is 11.9 Å². The number of rotatable bonds is 4. The number of fused-ring (bicyclic) bond motifs is 1. The van der Waals surface area contributed by atoms with E-state index < -0.39 is 11.4 Å². The van der Waals surface area contributed by atoms with Crippen molar-refractivity contribution in [1.29, 1.82) is 0 Å². The SMILES string of the molecule is CN(C(=O)CN1C[C@@H]2CCC[C@@]2(C(=O)O)C1)C1CCCCC1. The summed E-state index contributed by atoms with van der Waals surface area (Å²) in [6.45, 7) is 1.71. The Morgan fingerprint density at radius 3 is 2.55 bits per heavy atom. The molecule has 1 heterocycles. The maximum absolute atomic E-state index is 12.5. The van der Waals surface area contributed by atoms with E-state index in [0.717, 1.165) is 38.6 Å². The summed E-state index contributed by atoms with van der Waals surface area (Å²) in [5.74, 6) is -0.268. The Bertz CT molecular complexity index is 447. The van der Waals surface area contributed by atoms with Crippen molar-refractivity contribution in [2.45, 2.75) is 57.4 Å². The van der Waals surface area contributed by atoms with E-state index in [4.69, 9.17) is 0 Å². The normalized spacial score (nSPS) is 32.9. The van der Waals surface area contributed by atoms with Crippen molar-refractivity contribution in [2.24, 2.45) is 11.3 Å². The van der Waals surface area contributed by atoms with Crippen LogP contribution in [0.5, 0.6) is 0 Å². The molecule has 22 heavy (non-hydrogen) atoms. The maximum atomic E-state index is 12.5. The number of hydrogen-bond acceptors (Lipinski definition) is 3. The van der Waals surface area contributed by atoms with Gasteiger partial charge in [0, 0.05) is 26.2 Å². The van der Waals surface area contributed by atoms with Gasteiger partial charge in [-0.3, -0.25) is 14.5 Å². The van der Waals surface area contributed by atoms with Crippen molar-refractivity contribution in [3.63, 3.8) is 0 Å². The van der Waals surface area contributed by atoms with Crippen LogP contribution in [-0.4, -0.2) is 59.5 Å². The van der Waals surface area contributed by atoms with Gasteiger partial charge in [0.2, 0.25) is 5.91 Å². The molecule has 3 aliphatic rings. The summed E-state index contributed by atoms with van der Waals surface area (Å²) in [4.78, 5) is 28.2. The monoisotopic (exact) mass is 308 g/mol. The second-order valence-electron chi connectivity index (χ2n) is 7.52. The van der Waals surface area contributed by atoms with Crippen LogP contribution in [0.3, 0.4) is 0 Å². The van der Waals surface area contributed by atoms with Crippen molar-refractivity contribution in [3.05, 3.63) is 0 Å². The summed E-state index contributed by atoms with van der Waals surface area (Å²) in [5, 5.41) is 9.62. The van der Waals surface area contributed by atoms with E-state index in [9.17, 15) is 14.7 Å². The molecular formula is C17H28N2O3. The Kier molecular flexibility index (Phi) is 4.44. The number of amides is 1. The van der Waals surface area contributed by atoms with E-state index in [1.165, 1.54) is 19.3 Å². The standard InChI is InChI=1S/C17H28N2O3/c1-18(14-7-3-2-4-8-14)15(20)11-19-10-13-6-5-9-17(13,12-19)16(21)22/h13-14H,2-12H2,1H3,(H,21,22)/t13-,17+/m0/s1. The summed E-state index contributed by atoms with van der Waals surface area (Å²) in [6, 6.07) is 0.386. The average Bonchev–Trinajstić information content (AvgIpc) is 3.05. The van der Waals surface area contributed by atoms with Crippen molar-refractivity contribution in [2.75, 3.05) is 26.7 Å². The highest BCUT2D eigenvalue weighted by Crippen LogP contribution is 2.48. The highest BCUT2D eigenvalue weighted by Gasteiger charge is 2.54. The molecule has 0 aromatic rings. The summed E-state index contributed by atoms with van der Waals surface area (Å²) in [6.07, 6.45) is 8.74. The second kappa shape index (κ2) is 6.19. The zero-order valence-corrected chi connectivity index (χ0v) is 13.6. The number of carboxylic acids is 1. The third-order valence-corrected chi connectivity index (χ3v) is 6.24. The molecule has 0 bridgehead atoms. The smallest absolute Gasteiger partial charge is 0.311 e. The Balaban J connectivity index is 1.57. The van der Waals surface area contributed by atoms with Gasteiger partial charge in [-0.15, -0.1) is 0 Å². The molecule has 124 valence electrons. The molecule has 3 fully saturated rings. The fraction of sp³-hybridized carbons (Fsp3) is 0.882. The van der Waals surface area contributed by atoms with Gasteiger partial charge in [0.1, 0.15) is 0 Å². The molecule has 0 aromatic heterocycles. The van der Waals surface area contributed by atoms with Gasteiger partial charge in [0.05, 0.1) is 12.0 Å². The van der Waals surface area contributed by atoms with E-state index in [1.54, 1.807) is 0 Å². The van der Waals surface area contributed by atoms with Crippen molar-refractivity contribution in [1.82, 2.24) is 9.80 Å². The first kappa shape index (κ1) is 15.8. The van der Waals surface area contributed by atoms with Crippen LogP contribution in [0.15, 0.2) is 0 Å². The number of carbonyl (C=O) groups excluding carboxylic acids is 1. The molecule has 1 amide bonds. The molecule has 1 N–H and O–H groups in total. The zero-order valence-electron chi connectivity index (χ0n) is 13.6. The van der Waals surface area contributed by atoms with Crippen LogP contribution in [0.4, 0.5) is 0 Å². The average molecular weight is 308 g/mol. The molecule has 1 aliphatic heterocycles. The van der Waals surface area contributed by atoms with Crippen LogP contribution >= 0.6 is 0 Å². The molecule has 1 saturated heterocycles. The van der Waals surface area contributed by atoms with Gasteiger partial charge in [-0.1, -0.05) is 25.7 Å². The van der Waals surface area contributed by atoms with Crippen LogP contribution in [0.1, 0.15) is 51.4 Å². The largest absolute Gasteiger partial charge is 0.481 e. The number of carboxylic acid groups (broad SMARTS) is 1. The minimum absolute atomic E-state index is 0.160. The molecule has 3 rings (SSSR count). The van der Waals surface area contributed by atoms with E-state index in [-0.39, 0.29) is 11.8 Å². The highest BCUT2D eigenvalue weighted by molar-refractivity contribution is 5.79. The minimum atomic E-state index is -0.661. The first-order valence-electron chi connectivity index (χ1n) is 8.74. The lowest BCUT2D eigenvalue weighted by molar-refractivity contribution is -0.149. The molecular weight excluding hydrogens is 280 g/mol. The first-order chi connectivity index (χ1) is 10.5. The van der Waals surface area contributed by atoms with Crippen LogP contribution in [0, 0.1) is 11.3 Å². The Hall–Kier alpha value is -1.10. The third-order valence-electron chi connectivity index (χ3n) is 6.24. The van der Waals surface area contributed by atoms with Crippen LogP contribution < -0.4 is 0 Å². The summed E-state index contributed by atoms with van der Waals surface area (Å²) >= 11 is 0. The van der Waals surface area contributed by atoms with Crippen molar-refractivity contribution < 1.29 is 14.7 Å². The third kappa shape index (κ3) is 2.75. The van der Waals surface area contributed by atoms with Gasteiger partial charge < -0.3 is 10.0 Å². The van der Waals surface area contributed by atoms with Gasteiger partial charge >= 0.3 is 5.97 Å². The molecule has 2 atom stereocenters. The van der Waals surface area contributed by atoms with Gasteiger partial charge in [-0.05, 0) is 31.6 Å². The number of carbonyl (C=O) groups is 2. The van der Waals surface area contributed by atoms with Gasteiger partial charge in [-0.2, -0.15) is 0 Å². The number of hydrogen-bond donors (Lipinski definition) is 1. The predicted molar refractivity (Wildman–Crippen MR) is 83.5 cm³/mol. The predicted octanol–water partition coefficient (Wildman–Crippen LogP) is 1.96. The fourth-order valence-corrected chi connectivity index (χ4v) is 4.84. The van der Waals surface area contributed by atoms with Gasteiger partial charge in [0.15, 0.2) is 0 Å². The number of likely N-dealkylation sites (N-methyl/N-ethyl adjacent to an activating group) is 1. The van der Waals surface area contributed by atoms with E-state index in [0.29, 0.717) is 19.1 Å². The fourth-order valence-electron chi connectivity index (χ4n) is 4.84. The molecule has 0 radical (unpaired) electrons. The van der Waals surface area contributed by atoms with Crippen molar-refractivity contribution >= 4 is 11.9 Å². The van der Waals surface area contributed by atoms with Crippen LogP contribution in [0.25, 0.3) is 0 Å². The summed E-state index contributed by atoms with van der Waals surface area (Å²) < 4.78 is 0. The Morgan fingerprint density at radius 1 is 1.18 bits per heavy atom. The second-order valence-corrected chi connectivity index (χ2v) is 7.52. The molecule has 0 unspecified atom stereocenters. The Morgan fingerprint density at radius 2 is 1.91 bits per heavy atom. The molecule has 2 aliphatic carbocycles. The molecule has 2 saturated carbocycles. The summed E-state index contributed by atoms with van der Waals surface area (Å²) in [5.41, 5.74) is -0.580. The van der Waals surface area contributed by atoms with Crippen LogP contribution in [-0.2, 0) is 9.59 Å². The molecule has 0 aromatic carbocycles. The quantitative estimate of drug-likeness (QED) is 0.862. The van der Waals surface area contributed by atoms with Gasteiger partial charge in [0.25, 0.3) is 0 Å². The molecule has 0 spiro atoms. The Labute approximate surface area is 132 Å². The lowest BCUT2D eigenvalue weighted by Crippen LogP contribution is -2.44. The van der Waals surface area contributed by atoms with Crippen molar-refractivity contribution in [3.8, 4) is 0 Å². The zero-order chi connectivity index (χ0) is 15.7. The number of likely N-dealkylation sites (tertiary alicyclic amines) is 1. The molecule has 5 heteroatoms.